The maximum absolute atomic E-state index is 13.1. The lowest BCUT2D eigenvalue weighted by atomic mass is 10.2. The van der Waals surface area contributed by atoms with E-state index in [0.29, 0.717) is 46.1 Å². The number of halogens is 3. The van der Waals surface area contributed by atoms with Crippen LogP contribution in [-0.2, 0) is 4.79 Å². The third kappa shape index (κ3) is 4.73. The van der Waals surface area contributed by atoms with Gasteiger partial charge in [-0.3, -0.25) is 14.5 Å². The highest BCUT2D eigenvalue weighted by atomic mass is 35.5. The third-order valence-corrected chi connectivity index (χ3v) is 5.51. The third-order valence-electron chi connectivity index (χ3n) is 4.02. The smallest absolute Gasteiger partial charge is 0.256 e. The molecule has 0 bridgehead atoms. The first-order valence-corrected chi connectivity index (χ1v) is 9.51. The van der Waals surface area contributed by atoms with Gasteiger partial charge in [-0.25, -0.2) is 4.39 Å². The van der Waals surface area contributed by atoms with E-state index in [1.165, 1.54) is 29.5 Å². The van der Waals surface area contributed by atoms with Crippen LogP contribution in [-0.4, -0.2) is 54.3 Å². The Morgan fingerprint density at radius 3 is 2.50 bits per heavy atom. The number of hydrogen-bond donors (Lipinski definition) is 1. The Labute approximate surface area is 164 Å². The summed E-state index contributed by atoms with van der Waals surface area (Å²) in [4.78, 5) is 28.2. The van der Waals surface area contributed by atoms with Crippen LogP contribution in [0.3, 0.4) is 0 Å². The molecule has 9 heteroatoms. The number of nitrogens with one attached hydrogen (secondary N) is 1. The summed E-state index contributed by atoms with van der Waals surface area (Å²) in [5, 5.41) is 2.67. The van der Waals surface area contributed by atoms with Gasteiger partial charge in [-0.15, -0.1) is 11.3 Å². The number of benzene rings is 1. The van der Waals surface area contributed by atoms with Gasteiger partial charge in [0.2, 0.25) is 5.91 Å². The molecule has 0 radical (unpaired) electrons. The van der Waals surface area contributed by atoms with E-state index in [0.717, 1.165) is 0 Å². The van der Waals surface area contributed by atoms with Gasteiger partial charge in [-0.05, 0) is 24.3 Å². The number of thiophene rings is 1. The minimum Gasteiger partial charge on any atom is -0.336 e. The number of carbonyl (C=O) groups excluding carboxylic acids is 2. The Bertz CT molecular complexity index is 822. The summed E-state index contributed by atoms with van der Waals surface area (Å²) in [6.07, 6.45) is 0. The quantitative estimate of drug-likeness (QED) is 0.829. The van der Waals surface area contributed by atoms with Crippen molar-refractivity contribution in [1.82, 2.24) is 9.80 Å². The largest absolute Gasteiger partial charge is 0.336 e. The van der Waals surface area contributed by atoms with Gasteiger partial charge in [0.15, 0.2) is 0 Å². The van der Waals surface area contributed by atoms with Gasteiger partial charge in [-0.1, -0.05) is 29.3 Å². The lowest BCUT2D eigenvalue weighted by molar-refractivity contribution is -0.117. The van der Waals surface area contributed by atoms with Crippen molar-refractivity contribution in [2.45, 2.75) is 0 Å². The molecule has 1 aromatic carbocycles. The summed E-state index contributed by atoms with van der Waals surface area (Å²) >= 11 is 13.1. The zero-order valence-corrected chi connectivity index (χ0v) is 16.0. The first kappa shape index (κ1) is 19.1. The number of amides is 2. The molecule has 1 fully saturated rings. The van der Waals surface area contributed by atoms with Gasteiger partial charge in [0.25, 0.3) is 5.91 Å². The predicted molar refractivity (Wildman–Crippen MR) is 102 cm³/mol. The van der Waals surface area contributed by atoms with Crippen molar-refractivity contribution < 1.29 is 14.0 Å². The van der Waals surface area contributed by atoms with Gasteiger partial charge < -0.3 is 10.2 Å². The molecule has 0 spiro atoms. The first-order chi connectivity index (χ1) is 12.4. The van der Waals surface area contributed by atoms with Gasteiger partial charge >= 0.3 is 0 Å². The molecule has 2 heterocycles. The van der Waals surface area contributed by atoms with Crippen LogP contribution < -0.4 is 5.32 Å². The van der Waals surface area contributed by atoms with E-state index < -0.39 is 5.82 Å². The molecule has 1 saturated heterocycles. The number of anilines is 1. The van der Waals surface area contributed by atoms with Gasteiger partial charge in [0.1, 0.15) is 10.2 Å². The monoisotopic (exact) mass is 415 g/mol. The molecule has 2 aromatic rings. The predicted octanol–water partition coefficient (Wildman–Crippen LogP) is 3.59. The molecule has 1 N–H and O–H groups in total. The minimum atomic E-state index is -0.401. The second-order valence-electron chi connectivity index (χ2n) is 5.86. The summed E-state index contributed by atoms with van der Waals surface area (Å²) in [5.41, 5.74) is 0.840. The lowest BCUT2D eigenvalue weighted by Crippen LogP contribution is -2.50. The molecule has 0 atom stereocenters. The summed E-state index contributed by atoms with van der Waals surface area (Å²) in [6.45, 7) is 2.31. The average molecular weight is 416 g/mol. The van der Waals surface area contributed by atoms with Crippen molar-refractivity contribution in [3.8, 4) is 0 Å². The van der Waals surface area contributed by atoms with Crippen molar-refractivity contribution in [2.75, 3.05) is 38.0 Å². The Kier molecular flexibility index (Phi) is 6.13. The number of hydrogen-bond acceptors (Lipinski definition) is 4. The fraction of sp³-hybridized carbons (Fsp3) is 0.294. The maximum Gasteiger partial charge on any atom is 0.256 e. The molecule has 5 nitrogen and oxygen atoms in total. The van der Waals surface area contributed by atoms with E-state index in [2.05, 4.69) is 5.32 Å². The molecule has 3 rings (SSSR count). The van der Waals surface area contributed by atoms with Crippen molar-refractivity contribution >= 4 is 52.0 Å². The van der Waals surface area contributed by atoms with E-state index in [1.54, 1.807) is 17.0 Å². The van der Waals surface area contributed by atoms with E-state index >= 15 is 0 Å². The number of carbonyl (C=O) groups is 2. The Hall–Kier alpha value is -1.67. The zero-order chi connectivity index (χ0) is 18.7. The molecule has 0 aliphatic carbocycles. The van der Waals surface area contributed by atoms with Gasteiger partial charge in [0, 0.05) is 31.9 Å². The van der Waals surface area contributed by atoms with Crippen molar-refractivity contribution in [1.29, 1.82) is 0 Å². The summed E-state index contributed by atoms with van der Waals surface area (Å²) in [7, 11) is 0. The second kappa shape index (κ2) is 8.35. The number of rotatable bonds is 4. The van der Waals surface area contributed by atoms with E-state index in [4.69, 9.17) is 23.2 Å². The van der Waals surface area contributed by atoms with Crippen LogP contribution in [0.25, 0.3) is 0 Å². The van der Waals surface area contributed by atoms with Crippen LogP contribution >= 0.6 is 34.5 Å². The molecule has 1 aliphatic heterocycles. The summed E-state index contributed by atoms with van der Waals surface area (Å²) < 4.78 is 14.0. The lowest BCUT2D eigenvalue weighted by Gasteiger charge is -2.34. The SMILES string of the molecule is O=C(CN1CCN(C(=O)c2cc(Cl)sc2Cl)CC1)Nc1cccc(F)c1. The molecule has 138 valence electrons. The summed E-state index contributed by atoms with van der Waals surface area (Å²) in [5.74, 6) is -0.771. The first-order valence-electron chi connectivity index (χ1n) is 7.94. The van der Waals surface area contributed by atoms with Crippen molar-refractivity contribution in [3.05, 3.63) is 50.4 Å². The molecule has 1 aliphatic rings. The number of piperazine rings is 1. The molecular formula is C17H16Cl2FN3O2S. The molecule has 0 unspecified atom stereocenters. The topological polar surface area (TPSA) is 52.7 Å². The Morgan fingerprint density at radius 1 is 1.15 bits per heavy atom. The fourth-order valence-electron chi connectivity index (χ4n) is 2.74. The standard InChI is InChI=1S/C17H16Cl2FN3O2S/c18-14-9-13(16(19)26-14)17(25)23-6-4-22(5-7-23)10-15(24)21-12-3-1-2-11(20)8-12/h1-3,8-9H,4-7,10H2,(H,21,24). The molecule has 26 heavy (non-hydrogen) atoms. The highest BCUT2D eigenvalue weighted by Crippen LogP contribution is 2.32. The van der Waals surface area contributed by atoms with Gasteiger partial charge in [-0.2, -0.15) is 0 Å². The molecule has 2 amide bonds. The van der Waals surface area contributed by atoms with Crippen LogP contribution in [0.1, 0.15) is 10.4 Å². The Morgan fingerprint density at radius 2 is 1.88 bits per heavy atom. The molecule has 0 saturated carbocycles. The normalized spacial score (nSPS) is 15.1. The molecule has 1 aromatic heterocycles. The van der Waals surface area contributed by atoms with E-state index in [9.17, 15) is 14.0 Å². The van der Waals surface area contributed by atoms with Crippen LogP contribution in [0.4, 0.5) is 10.1 Å². The van der Waals surface area contributed by atoms with Crippen LogP contribution in [0.15, 0.2) is 30.3 Å². The van der Waals surface area contributed by atoms with Gasteiger partial charge in [0.05, 0.1) is 16.4 Å². The van der Waals surface area contributed by atoms with Crippen LogP contribution in [0.2, 0.25) is 8.67 Å². The average Bonchev–Trinajstić information content (AvgIpc) is 2.93. The number of nitrogens with zero attached hydrogens (tertiary/aromatic N) is 2. The molecular weight excluding hydrogens is 400 g/mol. The zero-order valence-electron chi connectivity index (χ0n) is 13.7. The minimum absolute atomic E-state index is 0.151. The fourth-order valence-corrected chi connectivity index (χ4v) is 4.18. The van der Waals surface area contributed by atoms with Crippen molar-refractivity contribution in [2.24, 2.45) is 0 Å². The maximum atomic E-state index is 13.1. The van der Waals surface area contributed by atoms with Crippen LogP contribution in [0, 0.1) is 5.82 Å². The van der Waals surface area contributed by atoms with Crippen LogP contribution in [0.5, 0.6) is 0 Å². The van der Waals surface area contributed by atoms with E-state index in [1.807, 2.05) is 4.90 Å². The summed E-state index contributed by atoms with van der Waals surface area (Å²) in [6, 6.07) is 7.34. The van der Waals surface area contributed by atoms with Crippen molar-refractivity contribution in [3.63, 3.8) is 0 Å². The highest BCUT2D eigenvalue weighted by molar-refractivity contribution is 7.20. The van der Waals surface area contributed by atoms with E-state index in [-0.39, 0.29) is 18.4 Å². The highest BCUT2D eigenvalue weighted by Gasteiger charge is 2.25. The Balaban J connectivity index is 1.50. The second-order valence-corrected chi connectivity index (χ2v) is 8.15.